The number of nitrogen functional groups attached to an aromatic ring is 1. The van der Waals surface area contributed by atoms with Gasteiger partial charge in [0.05, 0.1) is 5.56 Å². The molecule has 0 aliphatic heterocycles. The number of benzene rings is 1. The first-order chi connectivity index (χ1) is 6.43. The molecule has 0 amide bonds. The Kier molecular flexibility index (Phi) is 4.47. The molecule has 0 radical (unpaired) electrons. The zero-order valence-corrected chi connectivity index (χ0v) is 6.95. The molecule has 0 saturated heterocycles. The number of carboxylic acids is 1. The van der Waals surface area contributed by atoms with Crippen LogP contribution in [0.2, 0.25) is 0 Å². The summed E-state index contributed by atoms with van der Waals surface area (Å²) in [4.78, 5) is 18.7. The molecule has 0 unspecified atom stereocenters. The number of carboxylic acid groups (broad SMARTS) is 1. The maximum atomic E-state index is 10.3. The van der Waals surface area contributed by atoms with Gasteiger partial charge in [-0.2, -0.15) is 0 Å². The summed E-state index contributed by atoms with van der Waals surface area (Å²) >= 11 is 0. The number of hydrogen-bond acceptors (Lipinski definition) is 4. The Morgan fingerprint density at radius 2 is 2.00 bits per heavy atom. The van der Waals surface area contributed by atoms with Crippen LogP contribution in [0.5, 0.6) is 0 Å². The molecule has 0 heterocycles. The zero-order chi connectivity index (χ0) is 11.1. The predicted molar refractivity (Wildman–Crippen MR) is 46.6 cm³/mol. The number of aromatic carboxylic acids is 1. The highest BCUT2D eigenvalue weighted by molar-refractivity contribution is 5.88. The van der Waals surface area contributed by atoms with Gasteiger partial charge in [0.15, 0.2) is 0 Å². The van der Waals surface area contributed by atoms with Gasteiger partial charge in [0.25, 0.3) is 5.09 Å². The number of rotatable bonds is 1. The third kappa shape index (κ3) is 5.35. The first-order valence-electron chi connectivity index (χ1n) is 3.35. The van der Waals surface area contributed by atoms with Crippen molar-refractivity contribution in [3.05, 3.63) is 39.9 Å². The fourth-order valence-corrected chi connectivity index (χ4v) is 0.672. The third-order valence-electron chi connectivity index (χ3n) is 1.13. The van der Waals surface area contributed by atoms with Gasteiger partial charge in [-0.05, 0) is 18.2 Å². The lowest BCUT2D eigenvalue weighted by Gasteiger charge is -1.93. The molecule has 0 fully saturated rings. The normalized spacial score (nSPS) is 8.29. The van der Waals surface area contributed by atoms with Crippen LogP contribution in [-0.2, 0) is 0 Å². The second-order valence-corrected chi connectivity index (χ2v) is 2.17. The summed E-state index contributed by atoms with van der Waals surface area (Å²) in [6.45, 7) is 0. The van der Waals surface area contributed by atoms with Gasteiger partial charge in [0.1, 0.15) is 0 Å². The fourth-order valence-electron chi connectivity index (χ4n) is 0.672. The van der Waals surface area contributed by atoms with Crippen LogP contribution >= 0.6 is 0 Å². The van der Waals surface area contributed by atoms with E-state index in [9.17, 15) is 4.79 Å². The molecule has 4 N–H and O–H groups in total. The van der Waals surface area contributed by atoms with E-state index < -0.39 is 11.1 Å². The molecule has 0 atom stereocenters. The summed E-state index contributed by atoms with van der Waals surface area (Å²) in [5, 5.41) is 22.1. The van der Waals surface area contributed by atoms with Crippen molar-refractivity contribution in [3.63, 3.8) is 0 Å². The maximum absolute atomic E-state index is 10.3. The maximum Gasteiger partial charge on any atom is 0.335 e. The summed E-state index contributed by atoms with van der Waals surface area (Å²) in [5.41, 5.74) is 6.03. The summed E-state index contributed by atoms with van der Waals surface area (Å²) in [6.07, 6.45) is 0. The van der Waals surface area contributed by atoms with Crippen LogP contribution in [0.1, 0.15) is 10.4 Å². The average Bonchev–Trinajstić information content (AvgIpc) is 2.03. The number of carbonyl (C=O) groups is 1. The lowest BCUT2D eigenvalue weighted by molar-refractivity contribution is -0.742. The molecule has 1 aromatic rings. The van der Waals surface area contributed by atoms with E-state index in [0.717, 1.165) is 0 Å². The number of nitrogens with zero attached hydrogens (tertiary/aromatic N) is 1. The van der Waals surface area contributed by atoms with Crippen molar-refractivity contribution in [2.45, 2.75) is 0 Å². The van der Waals surface area contributed by atoms with E-state index in [4.69, 9.17) is 26.2 Å². The Bertz CT molecular complexity index is 335. The Labute approximate surface area is 78.5 Å². The molecule has 0 aliphatic rings. The fraction of sp³-hybridized carbons (Fsp3) is 0. The van der Waals surface area contributed by atoms with Crippen molar-refractivity contribution >= 4 is 11.7 Å². The van der Waals surface area contributed by atoms with E-state index in [1.807, 2.05) is 0 Å². The van der Waals surface area contributed by atoms with Crippen LogP contribution in [0.25, 0.3) is 0 Å². The smallest absolute Gasteiger partial charge is 0.335 e. The molecular formula is C7H8N2O5. The minimum atomic E-state index is -1.50. The zero-order valence-electron chi connectivity index (χ0n) is 6.95. The molecule has 0 saturated carbocycles. The second-order valence-electron chi connectivity index (χ2n) is 2.17. The molecule has 0 aromatic heterocycles. The Morgan fingerprint density at radius 3 is 2.29 bits per heavy atom. The van der Waals surface area contributed by atoms with Crippen molar-refractivity contribution in [3.8, 4) is 0 Å². The van der Waals surface area contributed by atoms with Gasteiger partial charge in [-0.25, -0.2) is 4.79 Å². The molecule has 7 nitrogen and oxygen atoms in total. The van der Waals surface area contributed by atoms with Crippen molar-refractivity contribution in [1.29, 1.82) is 0 Å². The van der Waals surface area contributed by atoms with Crippen molar-refractivity contribution in [1.82, 2.24) is 0 Å². The second kappa shape index (κ2) is 5.36. The van der Waals surface area contributed by atoms with Crippen LogP contribution in [0.15, 0.2) is 24.3 Å². The first kappa shape index (κ1) is 11.7. The minimum Gasteiger partial charge on any atom is -0.478 e. The number of hydrogen-bond donors (Lipinski definition) is 3. The minimum absolute atomic E-state index is 0.222. The van der Waals surface area contributed by atoms with Crippen molar-refractivity contribution < 1.29 is 20.2 Å². The SMILES string of the molecule is Nc1cccc(C(=O)O)c1.O=[N+]([O-])O. The van der Waals surface area contributed by atoms with Gasteiger partial charge in [-0.3, -0.25) is 0 Å². The lowest BCUT2D eigenvalue weighted by Crippen LogP contribution is -1.96. The highest BCUT2D eigenvalue weighted by Crippen LogP contribution is 2.05. The highest BCUT2D eigenvalue weighted by atomic mass is 16.9. The first-order valence-corrected chi connectivity index (χ1v) is 3.35. The number of nitrogens with two attached hydrogens (primary N) is 1. The van der Waals surface area contributed by atoms with Gasteiger partial charge in [0.2, 0.25) is 0 Å². The van der Waals surface area contributed by atoms with Crippen LogP contribution < -0.4 is 5.73 Å². The quantitative estimate of drug-likeness (QED) is 0.346. The van der Waals surface area contributed by atoms with Crippen LogP contribution in [0.4, 0.5) is 5.69 Å². The van der Waals surface area contributed by atoms with Crippen LogP contribution in [-0.4, -0.2) is 21.4 Å². The third-order valence-corrected chi connectivity index (χ3v) is 1.13. The van der Waals surface area contributed by atoms with Crippen molar-refractivity contribution in [2.24, 2.45) is 0 Å². The molecule has 14 heavy (non-hydrogen) atoms. The summed E-state index contributed by atoms with van der Waals surface area (Å²) in [5.74, 6) is -0.952. The van der Waals surface area contributed by atoms with E-state index in [-0.39, 0.29) is 5.56 Å². The topological polar surface area (TPSA) is 127 Å². The highest BCUT2D eigenvalue weighted by Gasteiger charge is 1.99. The van der Waals surface area contributed by atoms with Gasteiger partial charge in [-0.1, -0.05) is 6.07 Å². The average molecular weight is 200 g/mol. The van der Waals surface area contributed by atoms with Gasteiger partial charge in [-0.15, -0.1) is 10.1 Å². The monoisotopic (exact) mass is 200 g/mol. The Morgan fingerprint density at radius 1 is 1.50 bits per heavy atom. The largest absolute Gasteiger partial charge is 0.478 e. The molecule has 0 bridgehead atoms. The van der Waals surface area contributed by atoms with Crippen molar-refractivity contribution in [2.75, 3.05) is 5.73 Å². The van der Waals surface area contributed by atoms with E-state index in [1.165, 1.54) is 12.1 Å². The Balaban J connectivity index is 0.000000364. The summed E-state index contributed by atoms with van der Waals surface area (Å²) in [6, 6.07) is 6.17. The van der Waals surface area contributed by atoms with E-state index >= 15 is 0 Å². The lowest BCUT2D eigenvalue weighted by atomic mass is 10.2. The molecule has 0 spiro atoms. The van der Waals surface area contributed by atoms with Crippen LogP contribution in [0.3, 0.4) is 0 Å². The molecule has 76 valence electrons. The van der Waals surface area contributed by atoms with Gasteiger partial charge < -0.3 is 16.0 Å². The van der Waals surface area contributed by atoms with E-state index in [1.54, 1.807) is 12.1 Å². The Hall–Kier alpha value is -2.31. The summed E-state index contributed by atoms with van der Waals surface area (Å²) in [7, 11) is 0. The van der Waals surface area contributed by atoms with E-state index in [0.29, 0.717) is 5.69 Å². The molecule has 0 aliphatic carbocycles. The predicted octanol–water partition coefficient (Wildman–Crippen LogP) is 0.619. The number of anilines is 1. The molecule has 1 aromatic carbocycles. The van der Waals surface area contributed by atoms with Crippen LogP contribution in [0, 0.1) is 10.1 Å². The standard InChI is InChI=1S/C7H7NO2.HNO3/c8-6-3-1-2-5(4-6)7(9)10;2-1(3)4/h1-4H,8H2,(H,9,10);(H,2,3,4). The summed E-state index contributed by atoms with van der Waals surface area (Å²) < 4.78 is 0. The van der Waals surface area contributed by atoms with E-state index in [2.05, 4.69) is 0 Å². The molecule has 7 heteroatoms. The molecular weight excluding hydrogens is 192 g/mol. The van der Waals surface area contributed by atoms with Gasteiger partial charge >= 0.3 is 5.97 Å². The van der Waals surface area contributed by atoms with Gasteiger partial charge in [0, 0.05) is 5.69 Å². The molecule has 1 rings (SSSR count).